The van der Waals surface area contributed by atoms with E-state index in [4.69, 9.17) is 28.9 Å². The smallest absolute Gasteiger partial charge is 0.239 e. The summed E-state index contributed by atoms with van der Waals surface area (Å²) in [6.45, 7) is 10.7. The number of nitrogens with zero attached hydrogens (tertiary/aromatic N) is 2. The lowest BCUT2D eigenvalue weighted by Gasteiger charge is -2.60. The van der Waals surface area contributed by atoms with Crippen LogP contribution in [0.15, 0.2) is 71.9 Å². The fourth-order valence-corrected chi connectivity index (χ4v) is 9.01. The monoisotopic (exact) mass is 802 g/mol. The Morgan fingerprint density at radius 3 is 2.45 bits per heavy atom. The first-order chi connectivity index (χ1) is 28.1. The molecule has 6 unspecified atom stereocenters. The normalized spacial score (nSPS) is 25.5. The molecule has 6 rings (SSSR count). The molecule has 2 aromatic rings. The zero-order valence-corrected chi connectivity index (χ0v) is 34.4. The van der Waals surface area contributed by atoms with Gasteiger partial charge in [-0.15, -0.1) is 6.58 Å². The molecule has 6 atom stereocenters. The lowest BCUT2D eigenvalue weighted by Crippen LogP contribution is -2.70. The molecule has 0 radical (unpaired) electrons. The number of aldehydes is 1. The molecule has 2 aromatic carbocycles. The van der Waals surface area contributed by atoms with Crippen LogP contribution in [-0.2, 0) is 19.1 Å². The molecule has 2 fully saturated rings. The van der Waals surface area contributed by atoms with E-state index in [0.717, 1.165) is 61.7 Å². The molecule has 3 N–H and O–H groups in total. The minimum atomic E-state index is -1.38. The van der Waals surface area contributed by atoms with Crippen molar-refractivity contribution in [3.8, 4) is 17.2 Å². The molecule has 3 aliphatic carbocycles. The number of amides is 1. The maximum atomic E-state index is 14.5. The van der Waals surface area contributed by atoms with Crippen molar-refractivity contribution < 1.29 is 48.7 Å². The predicted molar refractivity (Wildman–Crippen MR) is 220 cm³/mol. The third-order valence-corrected chi connectivity index (χ3v) is 11.6. The van der Waals surface area contributed by atoms with E-state index in [0.29, 0.717) is 42.1 Å². The first-order valence-electron chi connectivity index (χ1n) is 21.1. The Morgan fingerprint density at radius 2 is 1.76 bits per heavy atom. The second-order valence-corrected chi connectivity index (χ2v) is 16.9. The number of oxime groups is 1. The van der Waals surface area contributed by atoms with Gasteiger partial charge in [-0.2, -0.15) is 0 Å². The van der Waals surface area contributed by atoms with E-state index in [9.17, 15) is 24.9 Å². The largest absolute Gasteiger partial charge is 0.459 e. The second-order valence-electron chi connectivity index (χ2n) is 16.9. The van der Waals surface area contributed by atoms with Crippen LogP contribution in [-0.4, -0.2) is 102 Å². The molecular formula is C46H62N2O10. The Hall–Kier alpha value is -4.07. The zero-order valence-electron chi connectivity index (χ0n) is 34.4. The van der Waals surface area contributed by atoms with Crippen molar-refractivity contribution in [1.29, 1.82) is 0 Å². The Balaban J connectivity index is 1.58. The molecule has 12 heteroatoms. The molecule has 1 heterocycles. The third-order valence-electron chi connectivity index (χ3n) is 11.6. The molecular weight excluding hydrogens is 741 g/mol. The van der Waals surface area contributed by atoms with Crippen LogP contribution in [0.3, 0.4) is 0 Å². The average molecular weight is 803 g/mol. The minimum Gasteiger partial charge on any atom is -0.459 e. The van der Waals surface area contributed by atoms with Gasteiger partial charge in [0.05, 0.1) is 38.1 Å². The highest BCUT2D eigenvalue weighted by atomic mass is 16.7. The molecule has 0 spiro atoms. The number of hydrogen-bond donors (Lipinski definition) is 3. The molecule has 316 valence electrons. The number of aliphatic hydroxyl groups is 3. The quantitative estimate of drug-likeness (QED) is 0.0492. The van der Waals surface area contributed by atoms with E-state index < -0.39 is 23.3 Å². The van der Waals surface area contributed by atoms with Crippen LogP contribution >= 0.6 is 0 Å². The van der Waals surface area contributed by atoms with Gasteiger partial charge in [0.2, 0.25) is 11.7 Å². The third kappa shape index (κ3) is 10.0. The van der Waals surface area contributed by atoms with Crippen molar-refractivity contribution in [2.45, 2.75) is 102 Å². The van der Waals surface area contributed by atoms with Crippen LogP contribution in [0.5, 0.6) is 17.2 Å². The van der Waals surface area contributed by atoms with Crippen molar-refractivity contribution in [1.82, 2.24) is 4.90 Å². The maximum absolute atomic E-state index is 14.5. The van der Waals surface area contributed by atoms with Crippen LogP contribution in [0.2, 0.25) is 0 Å². The molecule has 4 aliphatic rings. The fourth-order valence-electron chi connectivity index (χ4n) is 9.01. The van der Waals surface area contributed by atoms with Crippen molar-refractivity contribution >= 4 is 17.9 Å². The lowest BCUT2D eigenvalue weighted by molar-refractivity contribution is -0.258. The van der Waals surface area contributed by atoms with Gasteiger partial charge >= 0.3 is 0 Å². The number of aliphatic hydroxyl groups excluding tert-OH is 3. The van der Waals surface area contributed by atoms with E-state index in [1.807, 2.05) is 49.9 Å². The molecule has 1 aliphatic heterocycles. The molecule has 0 saturated heterocycles. The summed E-state index contributed by atoms with van der Waals surface area (Å²) in [4.78, 5) is 34.2. The number of allylic oxidation sites excluding steroid dienone is 1. The summed E-state index contributed by atoms with van der Waals surface area (Å²) in [5, 5.41) is 34.2. The summed E-state index contributed by atoms with van der Waals surface area (Å²) >= 11 is 0. The van der Waals surface area contributed by atoms with Gasteiger partial charge in [-0.05, 0) is 107 Å². The maximum Gasteiger partial charge on any atom is 0.239 e. The lowest BCUT2D eigenvalue weighted by atomic mass is 9.55. The summed E-state index contributed by atoms with van der Waals surface area (Å²) in [6.07, 6.45) is 11.3. The fraction of sp³-hybridized carbons (Fsp3) is 0.587. The second kappa shape index (κ2) is 19.8. The van der Waals surface area contributed by atoms with Gasteiger partial charge in [0, 0.05) is 49.1 Å². The van der Waals surface area contributed by atoms with E-state index in [2.05, 4.69) is 12.7 Å². The number of ether oxygens (including phenoxy) is 4. The number of unbranched alkanes of at least 4 members (excludes halogenated alkanes) is 2. The van der Waals surface area contributed by atoms with Crippen LogP contribution in [0, 0.1) is 23.7 Å². The van der Waals surface area contributed by atoms with Crippen LogP contribution in [0.1, 0.15) is 100 Å². The highest BCUT2D eigenvalue weighted by Gasteiger charge is 2.66. The molecule has 58 heavy (non-hydrogen) atoms. The van der Waals surface area contributed by atoms with E-state index in [1.54, 1.807) is 24.3 Å². The van der Waals surface area contributed by atoms with Crippen LogP contribution in [0.4, 0.5) is 0 Å². The van der Waals surface area contributed by atoms with Gasteiger partial charge in [0.1, 0.15) is 35.2 Å². The van der Waals surface area contributed by atoms with E-state index in [1.165, 1.54) is 0 Å². The average Bonchev–Trinajstić information content (AvgIpc) is 4.07. The summed E-state index contributed by atoms with van der Waals surface area (Å²) in [6, 6.07) is 12.2. The number of hydrogen-bond acceptors (Lipinski definition) is 11. The van der Waals surface area contributed by atoms with E-state index >= 15 is 0 Å². The number of carbonyl (C=O) groups excluding carboxylic acids is 2. The summed E-state index contributed by atoms with van der Waals surface area (Å²) in [7, 11) is 0. The molecule has 2 saturated carbocycles. The summed E-state index contributed by atoms with van der Waals surface area (Å²) in [5.41, 5.74) is 2.52. The van der Waals surface area contributed by atoms with Gasteiger partial charge < -0.3 is 44.0 Å². The van der Waals surface area contributed by atoms with Crippen LogP contribution < -0.4 is 9.47 Å². The standard InChI is InChI=1S/C46H62N2O10/c1-5-23-55-46-41(48(19-24-54-25-22-51)44(53)32-15-16-32)29-39(47-58-45(2,3)4)37-27-33(12-6-8-20-49)36(14-7-9-21-50)42(43(37)46)38-28-35(17-18-40(38)57-46)56-34-13-10-11-31(26-34)30-52/h5,10-11,13,17-18,26-28,30,32-33,36,41-43,49-51H,1,6-9,12,14-16,19-25,29H2,2-4H3. The van der Waals surface area contributed by atoms with Crippen molar-refractivity contribution in [2.75, 3.05) is 46.2 Å². The topological polar surface area (TPSA) is 157 Å². The zero-order chi connectivity index (χ0) is 41.3. The SMILES string of the molecule is C=CCOC12Oc3ccc(Oc4cccc(C=O)c4)cc3C3C(CCCCO)C(CCCCO)C=C(C(=NOC(C)(C)C)CC1N(CCOCCO)C(=O)C1CC1)C32. The van der Waals surface area contributed by atoms with Gasteiger partial charge in [-0.3, -0.25) is 9.59 Å². The molecule has 12 nitrogen and oxygen atoms in total. The Bertz CT molecular complexity index is 1780. The van der Waals surface area contributed by atoms with Gasteiger partial charge in [-0.1, -0.05) is 42.3 Å². The van der Waals surface area contributed by atoms with Gasteiger partial charge in [0.25, 0.3) is 0 Å². The van der Waals surface area contributed by atoms with Crippen LogP contribution in [0.25, 0.3) is 0 Å². The number of carbonyl (C=O) groups is 2. The van der Waals surface area contributed by atoms with Gasteiger partial charge in [-0.25, -0.2) is 0 Å². The molecule has 0 bridgehead atoms. The molecule has 0 aromatic heterocycles. The highest BCUT2D eigenvalue weighted by Crippen LogP contribution is 2.62. The van der Waals surface area contributed by atoms with Crippen molar-refractivity contribution in [2.24, 2.45) is 28.8 Å². The summed E-state index contributed by atoms with van der Waals surface area (Å²) < 4.78 is 26.6. The first kappa shape index (κ1) is 43.5. The number of rotatable bonds is 22. The number of benzene rings is 2. The van der Waals surface area contributed by atoms with Gasteiger partial charge in [0.15, 0.2) is 0 Å². The Labute approximate surface area is 342 Å². The van der Waals surface area contributed by atoms with Crippen molar-refractivity contribution in [3.05, 3.63) is 77.9 Å². The first-order valence-corrected chi connectivity index (χ1v) is 21.1. The summed E-state index contributed by atoms with van der Waals surface area (Å²) in [5.74, 6) is -0.326. The minimum absolute atomic E-state index is 0.00660. The van der Waals surface area contributed by atoms with E-state index in [-0.39, 0.29) is 75.8 Å². The Morgan fingerprint density at radius 1 is 1.00 bits per heavy atom. The predicted octanol–water partition coefficient (Wildman–Crippen LogP) is 6.97. The Kier molecular flexibility index (Phi) is 14.8. The van der Waals surface area contributed by atoms with Crippen molar-refractivity contribution in [3.63, 3.8) is 0 Å². The number of fused-ring (bicyclic) bond motifs is 2. The molecule has 1 amide bonds. The highest BCUT2D eigenvalue weighted by molar-refractivity contribution is 6.03.